The van der Waals surface area contributed by atoms with Gasteiger partial charge in [0.25, 0.3) is 5.56 Å². The summed E-state index contributed by atoms with van der Waals surface area (Å²) in [7, 11) is 0. The van der Waals surface area contributed by atoms with E-state index in [9.17, 15) is 9.59 Å². The molecule has 0 spiro atoms. The quantitative estimate of drug-likeness (QED) is 0.679. The Morgan fingerprint density at radius 2 is 2.25 bits per heavy atom. The van der Waals surface area contributed by atoms with E-state index in [1.54, 1.807) is 10.6 Å². The molecule has 0 fully saturated rings. The first-order chi connectivity index (χ1) is 9.36. The number of fused-ring (bicyclic) bond motifs is 1. The Kier molecular flexibility index (Phi) is 4.19. The predicted octanol–water partition coefficient (Wildman–Crippen LogP) is 2.78. The lowest BCUT2D eigenvalue weighted by Gasteiger charge is -2.28. The maximum atomic E-state index is 12.6. The van der Waals surface area contributed by atoms with Gasteiger partial charge >= 0.3 is 5.97 Å². The third-order valence-corrected chi connectivity index (χ3v) is 5.06. The van der Waals surface area contributed by atoms with Crippen molar-refractivity contribution in [1.29, 1.82) is 0 Å². The first-order valence-corrected chi connectivity index (χ1v) is 8.08. The highest BCUT2D eigenvalue weighted by atomic mass is 32.2. The van der Waals surface area contributed by atoms with Crippen LogP contribution in [0, 0.1) is 0 Å². The van der Waals surface area contributed by atoms with Crippen LogP contribution in [0.1, 0.15) is 27.2 Å². The fraction of sp³-hybridized carbons (Fsp3) is 0.462. The van der Waals surface area contributed by atoms with Gasteiger partial charge in [0.1, 0.15) is 4.70 Å². The molecule has 0 aliphatic carbocycles. The van der Waals surface area contributed by atoms with Crippen LogP contribution in [0.4, 0.5) is 0 Å². The minimum atomic E-state index is -0.921. The Labute approximate surface area is 124 Å². The van der Waals surface area contributed by atoms with Gasteiger partial charge in [0, 0.05) is 5.54 Å². The third kappa shape index (κ3) is 2.73. The lowest BCUT2D eigenvalue weighted by Crippen LogP contribution is -2.37. The van der Waals surface area contributed by atoms with E-state index < -0.39 is 11.5 Å². The van der Waals surface area contributed by atoms with Gasteiger partial charge in [-0.25, -0.2) is 4.98 Å². The Morgan fingerprint density at radius 1 is 1.55 bits per heavy atom. The van der Waals surface area contributed by atoms with Crippen molar-refractivity contribution in [1.82, 2.24) is 9.55 Å². The Morgan fingerprint density at radius 3 is 2.85 bits per heavy atom. The van der Waals surface area contributed by atoms with E-state index in [2.05, 4.69) is 4.98 Å². The van der Waals surface area contributed by atoms with Crippen molar-refractivity contribution in [2.24, 2.45) is 0 Å². The number of rotatable bonds is 5. The number of carboxylic acids is 1. The average Bonchev–Trinajstić information content (AvgIpc) is 2.84. The largest absolute Gasteiger partial charge is 0.481 e. The van der Waals surface area contributed by atoms with E-state index in [1.165, 1.54) is 11.3 Å². The summed E-state index contributed by atoms with van der Waals surface area (Å²) in [4.78, 5) is 27.9. The summed E-state index contributed by atoms with van der Waals surface area (Å²) in [5, 5.41) is 11.1. The summed E-state index contributed by atoms with van der Waals surface area (Å²) in [6.07, 6.45) is 0.756. The van der Waals surface area contributed by atoms with Crippen molar-refractivity contribution < 1.29 is 9.90 Å². The van der Waals surface area contributed by atoms with Gasteiger partial charge in [-0.2, -0.15) is 0 Å². The molecule has 0 bridgehead atoms. The van der Waals surface area contributed by atoms with E-state index >= 15 is 0 Å². The van der Waals surface area contributed by atoms with Crippen molar-refractivity contribution in [3.05, 3.63) is 21.8 Å². The predicted molar refractivity (Wildman–Crippen MR) is 81.9 cm³/mol. The zero-order chi connectivity index (χ0) is 14.9. The molecule has 108 valence electrons. The van der Waals surface area contributed by atoms with E-state index in [0.717, 1.165) is 18.2 Å². The first kappa shape index (κ1) is 15.1. The second kappa shape index (κ2) is 5.57. The summed E-state index contributed by atoms with van der Waals surface area (Å²) < 4.78 is 2.24. The number of thiophene rings is 1. The minimum Gasteiger partial charge on any atom is -0.481 e. The third-order valence-electron chi connectivity index (χ3n) is 3.24. The van der Waals surface area contributed by atoms with Gasteiger partial charge in [-0.1, -0.05) is 18.7 Å². The molecule has 20 heavy (non-hydrogen) atoms. The van der Waals surface area contributed by atoms with Crippen molar-refractivity contribution in [3.63, 3.8) is 0 Å². The van der Waals surface area contributed by atoms with Crippen molar-refractivity contribution >= 4 is 39.3 Å². The minimum absolute atomic E-state index is 0.0928. The van der Waals surface area contributed by atoms with Crippen LogP contribution >= 0.6 is 23.1 Å². The zero-order valence-electron chi connectivity index (χ0n) is 11.5. The number of aliphatic carboxylic acids is 1. The van der Waals surface area contributed by atoms with Crippen molar-refractivity contribution in [2.45, 2.75) is 37.9 Å². The summed E-state index contributed by atoms with van der Waals surface area (Å²) in [6.45, 7) is 5.91. The number of thioether (sulfide) groups is 1. The molecule has 1 N–H and O–H groups in total. The Bertz CT molecular complexity index is 703. The standard InChI is InChI=1S/C13H16N2O3S2/c1-4-13(2,3)15-11(18)10-8(5-6-19-10)14-12(15)20-7-9(16)17/h5-6H,4,7H2,1-3H3,(H,16,17). The van der Waals surface area contributed by atoms with Crippen molar-refractivity contribution in [3.8, 4) is 0 Å². The van der Waals surface area contributed by atoms with Gasteiger partial charge in [0.05, 0.1) is 11.3 Å². The highest BCUT2D eigenvalue weighted by molar-refractivity contribution is 7.99. The SMILES string of the molecule is CCC(C)(C)n1c(SCC(=O)O)nc2ccsc2c1=O. The number of hydrogen-bond donors (Lipinski definition) is 1. The summed E-state index contributed by atoms with van der Waals surface area (Å²) in [5.41, 5.74) is 0.143. The molecule has 7 heteroatoms. The van der Waals surface area contributed by atoms with Gasteiger partial charge in [-0.15, -0.1) is 11.3 Å². The molecule has 0 aliphatic rings. The molecule has 5 nitrogen and oxygen atoms in total. The fourth-order valence-electron chi connectivity index (χ4n) is 1.81. The molecule has 2 aromatic rings. The highest BCUT2D eigenvalue weighted by Crippen LogP contribution is 2.27. The van der Waals surface area contributed by atoms with E-state index in [-0.39, 0.29) is 11.3 Å². The van der Waals surface area contributed by atoms with Crippen LogP contribution in [0.5, 0.6) is 0 Å². The number of hydrogen-bond acceptors (Lipinski definition) is 5. The number of carbonyl (C=O) groups is 1. The van der Waals surface area contributed by atoms with Gasteiger partial charge in [-0.3, -0.25) is 14.2 Å². The molecule has 0 unspecified atom stereocenters. The molecule has 0 aromatic carbocycles. The van der Waals surface area contributed by atoms with Gasteiger partial charge < -0.3 is 5.11 Å². The lowest BCUT2D eigenvalue weighted by atomic mass is 10.0. The molecular formula is C13H16N2O3S2. The molecule has 0 atom stereocenters. The van der Waals surface area contributed by atoms with E-state index in [1.807, 2.05) is 26.2 Å². The molecule has 0 saturated heterocycles. The van der Waals surface area contributed by atoms with E-state index in [0.29, 0.717) is 15.4 Å². The average molecular weight is 312 g/mol. The Hall–Kier alpha value is -1.34. The monoisotopic (exact) mass is 312 g/mol. The number of aromatic nitrogens is 2. The van der Waals surface area contributed by atoms with Crippen LogP contribution in [-0.4, -0.2) is 26.4 Å². The molecular weight excluding hydrogens is 296 g/mol. The van der Waals surface area contributed by atoms with Crippen molar-refractivity contribution in [2.75, 3.05) is 5.75 Å². The second-order valence-corrected chi connectivity index (χ2v) is 6.88. The topological polar surface area (TPSA) is 72.2 Å². The van der Waals surface area contributed by atoms with Crippen LogP contribution < -0.4 is 5.56 Å². The van der Waals surface area contributed by atoms with Gasteiger partial charge in [-0.05, 0) is 31.7 Å². The molecule has 0 aliphatic heterocycles. The van der Waals surface area contributed by atoms with Crippen LogP contribution in [0.3, 0.4) is 0 Å². The number of carboxylic acid groups (broad SMARTS) is 1. The highest BCUT2D eigenvalue weighted by Gasteiger charge is 2.25. The molecule has 2 aromatic heterocycles. The second-order valence-electron chi connectivity index (χ2n) is 5.02. The van der Waals surface area contributed by atoms with Crippen LogP contribution in [0.25, 0.3) is 10.2 Å². The summed E-state index contributed by atoms with van der Waals surface area (Å²) in [5.74, 6) is -1.03. The zero-order valence-corrected chi connectivity index (χ0v) is 13.2. The molecule has 2 rings (SSSR count). The van der Waals surface area contributed by atoms with Crippen LogP contribution in [-0.2, 0) is 10.3 Å². The summed E-state index contributed by atoms with van der Waals surface area (Å²) >= 11 is 2.45. The maximum Gasteiger partial charge on any atom is 0.313 e. The smallest absolute Gasteiger partial charge is 0.313 e. The fourth-order valence-corrected chi connectivity index (χ4v) is 3.44. The Balaban J connectivity index is 2.66. The summed E-state index contributed by atoms with van der Waals surface area (Å²) in [6, 6.07) is 1.79. The molecule has 0 amide bonds. The van der Waals surface area contributed by atoms with Crippen LogP contribution in [0.2, 0.25) is 0 Å². The van der Waals surface area contributed by atoms with E-state index in [4.69, 9.17) is 5.11 Å². The lowest BCUT2D eigenvalue weighted by molar-refractivity contribution is -0.133. The first-order valence-electron chi connectivity index (χ1n) is 6.22. The molecule has 0 radical (unpaired) electrons. The van der Waals surface area contributed by atoms with Crippen LogP contribution in [0.15, 0.2) is 21.4 Å². The normalized spacial score (nSPS) is 11.9. The molecule has 0 saturated carbocycles. The number of nitrogens with zero attached hydrogens (tertiary/aromatic N) is 2. The van der Waals surface area contributed by atoms with Gasteiger partial charge in [0.2, 0.25) is 0 Å². The molecule has 2 heterocycles. The maximum absolute atomic E-state index is 12.6. The van der Waals surface area contributed by atoms with Gasteiger partial charge in [0.15, 0.2) is 5.16 Å².